The Labute approximate surface area is 173 Å². The number of hydrogen-bond acceptors (Lipinski definition) is 5. The first kappa shape index (κ1) is 22.5. The number of benzene rings is 2. The molecule has 0 aromatic heterocycles. The summed E-state index contributed by atoms with van der Waals surface area (Å²) in [4.78, 5) is 24.3. The summed E-state index contributed by atoms with van der Waals surface area (Å²) in [7, 11) is 1.54. The van der Waals surface area contributed by atoms with Crippen LogP contribution in [0.1, 0.15) is 31.4 Å². The van der Waals surface area contributed by atoms with E-state index in [1.165, 1.54) is 19.2 Å². The number of methoxy groups -OCH3 is 1. The number of halogens is 2. The fourth-order valence-electron chi connectivity index (χ4n) is 2.61. The minimum absolute atomic E-state index is 0.0165. The van der Waals surface area contributed by atoms with Crippen LogP contribution < -0.4 is 14.8 Å². The van der Waals surface area contributed by atoms with Gasteiger partial charge in [-0.2, -0.15) is 0 Å². The van der Waals surface area contributed by atoms with Gasteiger partial charge in [-0.3, -0.25) is 9.59 Å². The van der Waals surface area contributed by atoms with Crippen molar-refractivity contribution in [3.05, 3.63) is 58.9 Å². The zero-order chi connectivity index (χ0) is 21.2. The Hall–Kier alpha value is -2.80. The average Bonchev–Trinajstić information content (AvgIpc) is 2.69. The number of carbonyl (C=O) groups is 2. The van der Waals surface area contributed by atoms with E-state index in [1.807, 2.05) is 0 Å². The molecule has 0 aliphatic heterocycles. The van der Waals surface area contributed by atoms with Crippen LogP contribution in [0.3, 0.4) is 0 Å². The molecule has 0 saturated carbocycles. The van der Waals surface area contributed by atoms with Gasteiger partial charge in [0.2, 0.25) is 5.91 Å². The van der Waals surface area contributed by atoms with E-state index in [1.54, 1.807) is 31.2 Å². The lowest BCUT2D eigenvalue weighted by Crippen LogP contribution is -2.31. The molecule has 156 valence electrons. The maximum absolute atomic E-state index is 13.1. The summed E-state index contributed by atoms with van der Waals surface area (Å²) >= 11 is 5.90. The van der Waals surface area contributed by atoms with Crippen LogP contribution in [0, 0.1) is 5.82 Å². The minimum atomic E-state index is -0.578. The van der Waals surface area contributed by atoms with Crippen molar-refractivity contribution in [2.45, 2.75) is 25.8 Å². The average molecular weight is 424 g/mol. The summed E-state index contributed by atoms with van der Waals surface area (Å²) in [5.41, 5.74) is 0.716. The predicted octanol–water partition coefficient (Wildman–Crippen LogP) is 4.07. The van der Waals surface area contributed by atoms with Crippen LogP contribution in [0.2, 0.25) is 5.02 Å². The third-order valence-electron chi connectivity index (χ3n) is 3.99. The van der Waals surface area contributed by atoms with E-state index in [2.05, 4.69) is 5.32 Å². The van der Waals surface area contributed by atoms with Crippen LogP contribution in [0.5, 0.6) is 11.5 Å². The van der Waals surface area contributed by atoms with Crippen LogP contribution in [-0.4, -0.2) is 32.2 Å². The highest BCUT2D eigenvalue weighted by Crippen LogP contribution is 2.25. The molecule has 0 bridgehead atoms. The first-order chi connectivity index (χ1) is 13.9. The molecule has 1 unspecified atom stereocenters. The number of nitrogens with one attached hydrogen (secondary N) is 1. The van der Waals surface area contributed by atoms with Crippen LogP contribution >= 0.6 is 11.6 Å². The van der Waals surface area contributed by atoms with E-state index in [-0.39, 0.29) is 42.7 Å². The highest BCUT2D eigenvalue weighted by molar-refractivity contribution is 6.32. The molecule has 8 heteroatoms. The van der Waals surface area contributed by atoms with Crippen molar-refractivity contribution < 1.29 is 28.2 Å². The second kappa shape index (κ2) is 11.3. The van der Waals surface area contributed by atoms with Gasteiger partial charge in [0, 0.05) is 0 Å². The Bertz CT molecular complexity index is 846. The first-order valence-corrected chi connectivity index (χ1v) is 9.47. The number of ether oxygens (including phenoxy) is 3. The van der Waals surface area contributed by atoms with E-state index in [9.17, 15) is 14.0 Å². The highest BCUT2D eigenvalue weighted by atomic mass is 35.5. The maximum atomic E-state index is 13.1. The van der Waals surface area contributed by atoms with Crippen LogP contribution in [0.15, 0.2) is 42.5 Å². The van der Waals surface area contributed by atoms with Gasteiger partial charge in [-0.15, -0.1) is 0 Å². The van der Waals surface area contributed by atoms with E-state index < -0.39 is 17.8 Å². The van der Waals surface area contributed by atoms with Crippen LogP contribution in [0.4, 0.5) is 4.39 Å². The Morgan fingerprint density at radius 3 is 2.69 bits per heavy atom. The topological polar surface area (TPSA) is 73.9 Å². The second-order valence-corrected chi connectivity index (χ2v) is 6.49. The van der Waals surface area contributed by atoms with Crippen molar-refractivity contribution in [2.24, 2.45) is 0 Å². The molecule has 0 fully saturated rings. The molecular weight excluding hydrogens is 401 g/mol. The maximum Gasteiger partial charge on any atom is 0.308 e. The van der Waals surface area contributed by atoms with Crippen molar-refractivity contribution >= 4 is 23.5 Å². The van der Waals surface area contributed by atoms with Gasteiger partial charge in [-0.1, -0.05) is 23.7 Å². The molecule has 0 spiro atoms. The summed E-state index contributed by atoms with van der Waals surface area (Å²) in [5, 5.41) is 2.94. The lowest BCUT2D eigenvalue weighted by atomic mass is 10.0. The van der Waals surface area contributed by atoms with Gasteiger partial charge < -0.3 is 19.5 Å². The monoisotopic (exact) mass is 423 g/mol. The molecule has 1 N–H and O–H groups in total. The van der Waals surface area contributed by atoms with Gasteiger partial charge in [0.1, 0.15) is 17.3 Å². The lowest BCUT2D eigenvalue weighted by Gasteiger charge is -2.19. The van der Waals surface area contributed by atoms with Gasteiger partial charge in [0.05, 0.1) is 44.2 Å². The molecule has 0 radical (unpaired) electrons. The normalized spacial score (nSPS) is 11.4. The van der Waals surface area contributed by atoms with Gasteiger partial charge in [0.15, 0.2) is 0 Å². The van der Waals surface area contributed by atoms with Crippen molar-refractivity contribution in [3.8, 4) is 11.5 Å². The fraction of sp³-hybridized carbons (Fsp3) is 0.333. The zero-order valence-corrected chi connectivity index (χ0v) is 17.0. The summed E-state index contributed by atoms with van der Waals surface area (Å²) in [6.07, 6.45) is 0.00833. The van der Waals surface area contributed by atoms with Crippen LogP contribution in [-0.2, 0) is 14.3 Å². The molecule has 0 aliphatic carbocycles. The molecule has 0 heterocycles. The van der Waals surface area contributed by atoms with Gasteiger partial charge in [-0.05, 0) is 42.8 Å². The smallest absolute Gasteiger partial charge is 0.308 e. The quantitative estimate of drug-likeness (QED) is 0.583. The van der Waals surface area contributed by atoms with Crippen molar-refractivity contribution in [3.63, 3.8) is 0 Å². The first-order valence-electron chi connectivity index (χ1n) is 9.09. The van der Waals surface area contributed by atoms with Crippen molar-refractivity contribution in [1.82, 2.24) is 5.32 Å². The molecular formula is C21H23ClFNO5. The number of esters is 1. The Kier molecular flexibility index (Phi) is 8.73. The minimum Gasteiger partial charge on any atom is -0.497 e. The summed E-state index contributed by atoms with van der Waals surface area (Å²) < 4.78 is 28.7. The van der Waals surface area contributed by atoms with E-state index in [4.69, 9.17) is 25.8 Å². The molecule has 0 aliphatic rings. The van der Waals surface area contributed by atoms with E-state index in [0.717, 1.165) is 6.07 Å². The largest absolute Gasteiger partial charge is 0.497 e. The highest BCUT2D eigenvalue weighted by Gasteiger charge is 2.20. The Morgan fingerprint density at radius 1 is 1.21 bits per heavy atom. The van der Waals surface area contributed by atoms with Gasteiger partial charge in [0.25, 0.3) is 0 Å². The van der Waals surface area contributed by atoms with E-state index in [0.29, 0.717) is 11.3 Å². The molecule has 2 aromatic rings. The Balaban J connectivity index is 1.99. The Morgan fingerprint density at radius 2 is 2.00 bits per heavy atom. The number of rotatable bonds is 10. The molecule has 1 amide bonds. The number of carbonyl (C=O) groups excluding carboxylic acids is 2. The molecule has 0 saturated heterocycles. The molecule has 2 rings (SSSR count). The molecule has 6 nitrogen and oxygen atoms in total. The third-order valence-corrected chi connectivity index (χ3v) is 4.28. The van der Waals surface area contributed by atoms with E-state index >= 15 is 0 Å². The molecule has 29 heavy (non-hydrogen) atoms. The standard InChI is InChI=1S/C21H23ClFNO5/c1-3-28-21(26)13-18(14-5-4-6-16(11-14)27-2)24-20(25)9-10-29-19-8-7-15(23)12-17(19)22/h4-8,11-12,18H,3,9-10,13H2,1-2H3,(H,24,25). The summed E-state index contributed by atoms with van der Waals surface area (Å²) in [6.45, 7) is 2.01. The summed E-state index contributed by atoms with van der Waals surface area (Å²) in [5.74, 6) is -0.313. The third kappa shape index (κ3) is 7.27. The lowest BCUT2D eigenvalue weighted by molar-refractivity contribution is -0.143. The molecule has 2 aromatic carbocycles. The van der Waals surface area contributed by atoms with Gasteiger partial charge >= 0.3 is 5.97 Å². The predicted molar refractivity (Wildman–Crippen MR) is 107 cm³/mol. The fourth-order valence-corrected chi connectivity index (χ4v) is 2.83. The zero-order valence-electron chi connectivity index (χ0n) is 16.2. The van der Waals surface area contributed by atoms with Gasteiger partial charge in [-0.25, -0.2) is 4.39 Å². The SMILES string of the molecule is CCOC(=O)CC(NC(=O)CCOc1ccc(F)cc1Cl)c1cccc(OC)c1. The second-order valence-electron chi connectivity index (χ2n) is 6.08. The number of hydrogen-bond donors (Lipinski definition) is 1. The molecule has 1 atom stereocenters. The number of amides is 1. The van der Waals surface area contributed by atoms with Crippen molar-refractivity contribution in [2.75, 3.05) is 20.3 Å². The van der Waals surface area contributed by atoms with Crippen LogP contribution in [0.25, 0.3) is 0 Å². The summed E-state index contributed by atoms with van der Waals surface area (Å²) in [6, 6.07) is 10.3. The van der Waals surface area contributed by atoms with Crippen molar-refractivity contribution in [1.29, 1.82) is 0 Å².